The summed E-state index contributed by atoms with van der Waals surface area (Å²) in [6, 6.07) is 32.7. The van der Waals surface area contributed by atoms with Gasteiger partial charge in [0.2, 0.25) is 5.70 Å². The van der Waals surface area contributed by atoms with Crippen molar-refractivity contribution in [3.8, 4) is 6.07 Å². The van der Waals surface area contributed by atoms with Gasteiger partial charge >= 0.3 is 0 Å². The highest BCUT2D eigenvalue weighted by Gasteiger charge is 2.19. The van der Waals surface area contributed by atoms with Gasteiger partial charge in [-0.15, -0.1) is 0 Å². The van der Waals surface area contributed by atoms with Gasteiger partial charge in [-0.1, -0.05) is 72.8 Å². The minimum Gasteiger partial charge on any atom is -0.309 e. The van der Waals surface area contributed by atoms with Crippen molar-refractivity contribution in [1.82, 2.24) is 0 Å². The highest BCUT2D eigenvalue weighted by atomic mass is 16.1. The van der Waals surface area contributed by atoms with Gasteiger partial charge in [-0.2, -0.15) is 5.26 Å². The maximum Gasteiger partial charge on any atom is 0.234 e. The number of fused-ring (bicyclic) bond motifs is 2. The molecule has 0 saturated carbocycles. The van der Waals surface area contributed by atoms with Crippen molar-refractivity contribution in [2.45, 2.75) is 0 Å². The maximum atomic E-state index is 12.8. The Balaban J connectivity index is 1.50. The van der Waals surface area contributed by atoms with Gasteiger partial charge < -0.3 is 9.69 Å². The Morgan fingerprint density at radius 1 is 0.800 bits per heavy atom. The molecule has 0 spiro atoms. The molecule has 1 aliphatic heterocycles. The Hall–Kier alpha value is -5.19. The molecular weight excluding hydrogens is 430 g/mol. The average molecular weight is 450 g/mol. The lowest BCUT2D eigenvalue weighted by molar-refractivity contribution is 0.103. The lowest BCUT2D eigenvalue weighted by Gasteiger charge is -2.27. The smallest absolute Gasteiger partial charge is 0.234 e. The molecule has 0 saturated heterocycles. The van der Waals surface area contributed by atoms with Crippen LogP contribution < -0.4 is 4.90 Å². The Morgan fingerprint density at radius 2 is 1.37 bits per heavy atom. The van der Waals surface area contributed by atoms with Gasteiger partial charge in [-0.05, 0) is 59.2 Å². The molecule has 35 heavy (non-hydrogen) atoms. The van der Waals surface area contributed by atoms with Gasteiger partial charge in [-0.3, -0.25) is 0 Å². The zero-order chi connectivity index (χ0) is 24.2. The molecular formula is C31H19N3O. The Kier molecular flexibility index (Phi) is 5.78. The van der Waals surface area contributed by atoms with Gasteiger partial charge in [0.15, 0.2) is 5.78 Å². The third-order valence-electron chi connectivity index (χ3n) is 5.88. The first kappa shape index (κ1) is 21.6. The topological polar surface area (TPSA) is 48.5 Å². The van der Waals surface area contributed by atoms with E-state index in [4.69, 9.17) is 11.8 Å². The number of carbonyl (C=O) groups excluding carboxylic acids is 1. The van der Waals surface area contributed by atoms with Crippen LogP contribution >= 0.6 is 0 Å². The first-order valence-electron chi connectivity index (χ1n) is 11.1. The Bertz CT molecular complexity index is 1510. The summed E-state index contributed by atoms with van der Waals surface area (Å²) in [7, 11) is 0. The number of Topliss-reactive ketones (excluding diaryl/α,β-unsaturated/α-hetero) is 1. The molecule has 4 heteroatoms. The molecule has 0 atom stereocenters. The Labute approximate surface area is 204 Å². The van der Waals surface area contributed by atoms with Crippen LogP contribution in [0.5, 0.6) is 0 Å². The molecule has 4 nitrogen and oxygen atoms in total. The largest absolute Gasteiger partial charge is 0.309 e. The molecule has 0 amide bonds. The number of benzene rings is 4. The van der Waals surface area contributed by atoms with Crippen LogP contribution in [0.25, 0.3) is 23.1 Å². The Morgan fingerprint density at radius 3 is 1.91 bits per heavy atom. The van der Waals surface area contributed by atoms with E-state index in [0.717, 1.165) is 33.8 Å². The number of allylic oxidation sites excluding steroid dienone is 1. The van der Waals surface area contributed by atoms with Crippen LogP contribution in [0.3, 0.4) is 0 Å². The monoisotopic (exact) mass is 449 g/mol. The fourth-order valence-corrected chi connectivity index (χ4v) is 4.12. The first-order valence-corrected chi connectivity index (χ1v) is 11.1. The van der Waals surface area contributed by atoms with Gasteiger partial charge in [0, 0.05) is 11.3 Å². The molecule has 0 N–H and O–H groups in total. The second kappa shape index (κ2) is 9.35. The molecule has 164 valence electrons. The van der Waals surface area contributed by atoms with Crippen molar-refractivity contribution in [3.05, 3.63) is 142 Å². The summed E-state index contributed by atoms with van der Waals surface area (Å²) in [5, 5.41) is 8.96. The molecule has 5 rings (SSSR count). The lowest BCUT2D eigenvalue weighted by atomic mass is 10.0. The third-order valence-corrected chi connectivity index (χ3v) is 5.88. The zero-order valence-corrected chi connectivity index (χ0v) is 18.7. The van der Waals surface area contributed by atoms with E-state index in [1.165, 1.54) is 0 Å². The number of rotatable bonds is 4. The quantitative estimate of drug-likeness (QED) is 0.161. The minimum atomic E-state index is -0.366. The summed E-state index contributed by atoms with van der Waals surface area (Å²) in [5.74, 6) is -0.366. The van der Waals surface area contributed by atoms with Crippen LogP contribution in [0, 0.1) is 17.9 Å². The summed E-state index contributed by atoms with van der Waals surface area (Å²) in [5.41, 5.74) is 7.02. The highest BCUT2D eigenvalue weighted by molar-refractivity contribution is 6.12. The number of nitrogens with zero attached hydrogens (tertiary/aromatic N) is 3. The fraction of sp³-hybridized carbons (Fsp3) is 0. The van der Waals surface area contributed by atoms with E-state index in [1.807, 2.05) is 54.6 Å². The standard InChI is InChI=1S/C31H19N3O/c1-33-28(31(35)26-14-10-23(21-32)11-15-26)20-22-12-18-27(19-13-22)34-29-8-4-2-6-24(29)16-17-25-7-3-5-9-30(25)34/h2-20H. The molecule has 0 radical (unpaired) electrons. The van der Waals surface area contributed by atoms with E-state index in [-0.39, 0.29) is 11.5 Å². The molecule has 0 bridgehead atoms. The van der Waals surface area contributed by atoms with Crippen molar-refractivity contribution in [1.29, 1.82) is 5.26 Å². The number of hydrogen-bond acceptors (Lipinski definition) is 3. The van der Waals surface area contributed by atoms with E-state index in [0.29, 0.717) is 11.1 Å². The second-order valence-electron chi connectivity index (χ2n) is 8.04. The number of para-hydroxylation sites is 2. The molecule has 0 unspecified atom stereocenters. The summed E-state index contributed by atoms with van der Waals surface area (Å²) in [6.07, 6.45) is 5.85. The first-order chi connectivity index (χ1) is 17.2. The van der Waals surface area contributed by atoms with E-state index < -0.39 is 0 Å². The predicted molar refractivity (Wildman–Crippen MR) is 140 cm³/mol. The molecule has 0 aromatic heterocycles. The van der Waals surface area contributed by atoms with E-state index in [1.54, 1.807) is 30.3 Å². The number of ketones is 1. The number of anilines is 3. The second-order valence-corrected chi connectivity index (χ2v) is 8.04. The third kappa shape index (κ3) is 4.25. The lowest BCUT2D eigenvalue weighted by Crippen LogP contribution is -2.11. The number of hydrogen-bond donors (Lipinski definition) is 0. The van der Waals surface area contributed by atoms with Crippen molar-refractivity contribution in [2.75, 3.05) is 4.90 Å². The highest BCUT2D eigenvalue weighted by Crippen LogP contribution is 2.41. The van der Waals surface area contributed by atoms with Crippen LogP contribution in [-0.2, 0) is 0 Å². The van der Waals surface area contributed by atoms with E-state index >= 15 is 0 Å². The summed E-state index contributed by atoms with van der Waals surface area (Å²) < 4.78 is 0. The van der Waals surface area contributed by atoms with Crippen LogP contribution in [-0.4, -0.2) is 5.78 Å². The molecule has 1 aliphatic rings. The molecule has 4 aromatic rings. The van der Waals surface area contributed by atoms with Crippen molar-refractivity contribution in [3.63, 3.8) is 0 Å². The van der Waals surface area contributed by atoms with Crippen LogP contribution in [0.15, 0.2) is 103 Å². The number of nitriles is 1. The fourth-order valence-electron chi connectivity index (χ4n) is 4.12. The van der Waals surface area contributed by atoms with E-state index in [9.17, 15) is 4.79 Å². The van der Waals surface area contributed by atoms with Crippen molar-refractivity contribution < 1.29 is 4.79 Å². The molecule has 0 aliphatic carbocycles. The van der Waals surface area contributed by atoms with Gasteiger partial charge in [0.1, 0.15) is 0 Å². The number of carbonyl (C=O) groups is 1. The van der Waals surface area contributed by atoms with Crippen LogP contribution in [0.2, 0.25) is 0 Å². The predicted octanol–water partition coefficient (Wildman–Crippen LogP) is 7.65. The zero-order valence-electron chi connectivity index (χ0n) is 18.7. The molecule has 1 heterocycles. The average Bonchev–Trinajstić information content (AvgIpc) is 3.09. The van der Waals surface area contributed by atoms with Gasteiger partial charge in [-0.25, -0.2) is 4.85 Å². The summed E-state index contributed by atoms with van der Waals surface area (Å²) >= 11 is 0. The maximum absolute atomic E-state index is 12.8. The van der Waals surface area contributed by atoms with Gasteiger partial charge in [0.25, 0.3) is 0 Å². The minimum absolute atomic E-state index is 0.0251. The van der Waals surface area contributed by atoms with Crippen LogP contribution in [0.4, 0.5) is 17.1 Å². The summed E-state index contributed by atoms with van der Waals surface area (Å²) in [4.78, 5) is 18.5. The molecule has 0 fully saturated rings. The van der Waals surface area contributed by atoms with Crippen molar-refractivity contribution in [2.24, 2.45) is 0 Å². The van der Waals surface area contributed by atoms with Crippen LogP contribution in [0.1, 0.15) is 32.6 Å². The van der Waals surface area contributed by atoms with Crippen molar-refractivity contribution >= 4 is 41.1 Å². The van der Waals surface area contributed by atoms with E-state index in [2.05, 4.69) is 46.2 Å². The van der Waals surface area contributed by atoms with Gasteiger partial charge in [0.05, 0.1) is 29.6 Å². The molecule has 4 aromatic carbocycles. The summed E-state index contributed by atoms with van der Waals surface area (Å²) in [6.45, 7) is 7.53. The normalized spacial score (nSPS) is 12.1. The SMILES string of the molecule is [C-]#[N+]C(=Cc1ccc(N2c3ccccc3C=Cc3ccccc32)cc1)C(=O)c1ccc(C#N)cc1.